The number of halogens is 2. The molecule has 0 aliphatic heterocycles. The number of hydrogen-bond donors (Lipinski definition) is 2. The van der Waals surface area contributed by atoms with Crippen molar-refractivity contribution in [2.24, 2.45) is 5.84 Å². The summed E-state index contributed by atoms with van der Waals surface area (Å²) >= 11 is 5.05. The van der Waals surface area contributed by atoms with Crippen LogP contribution in [0.25, 0.3) is 0 Å². The highest BCUT2D eigenvalue weighted by Crippen LogP contribution is 2.27. The maximum atomic E-state index is 13.9. The second-order valence-corrected chi connectivity index (χ2v) is 6.70. The molecule has 3 N–H and O–H groups in total. The first-order valence-corrected chi connectivity index (χ1v) is 7.17. The first-order chi connectivity index (χ1) is 8.60. The maximum absolute atomic E-state index is 13.9. The van der Waals surface area contributed by atoms with Crippen LogP contribution in [-0.4, -0.2) is 0 Å². The van der Waals surface area contributed by atoms with Crippen LogP contribution in [0.1, 0.15) is 22.0 Å². The highest BCUT2D eigenvalue weighted by Gasteiger charge is 2.15. The fourth-order valence-electron chi connectivity index (χ4n) is 1.84. The van der Waals surface area contributed by atoms with E-state index >= 15 is 0 Å². The van der Waals surface area contributed by atoms with Crippen molar-refractivity contribution in [1.82, 2.24) is 5.43 Å². The van der Waals surface area contributed by atoms with E-state index in [-0.39, 0.29) is 11.9 Å². The minimum Gasteiger partial charge on any atom is -0.271 e. The predicted octanol–water partition coefficient (Wildman–Crippen LogP) is 3.71. The van der Waals surface area contributed by atoms with Crippen molar-refractivity contribution in [3.63, 3.8) is 0 Å². The number of thiophene rings is 1. The molecule has 2 rings (SSSR count). The van der Waals surface area contributed by atoms with Crippen LogP contribution in [-0.2, 0) is 6.42 Å². The van der Waals surface area contributed by atoms with Gasteiger partial charge in [-0.05, 0) is 46.6 Å². The Morgan fingerprint density at radius 1 is 1.39 bits per heavy atom. The number of rotatable bonds is 4. The van der Waals surface area contributed by atoms with Crippen molar-refractivity contribution in [3.8, 4) is 0 Å². The quantitative estimate of drug-likeness (QED) is 0.663. The summed E-state index contributed by atoms with van der Waals surface area (Å²) in [5.74, 6) is 5.33. The summed E-state index contributed by atoms with van der Waals surface area (Å²) in [7, 11) is 0. The molecule has 0 bridgehead atoms. The molecule has 18 heavy (non-hydrogen) atoms. The maximum Gasteiger partial charge on any atom is 0.128 e. The lowest BCUT2D eigenvalue weighted by atomic mass is 10.0. The lowest BCUT2D eigenvalue weighted by Gasteiger charge is -2.16. The molecular weight excluding hydrogens is 315 g/mol. The third kappa shape index (κ3) is 3.17. The molecule has 1 heterocycles. The number of benzene rings is 1. The monoisotopic (exact) mass is 328 g/mol. The van der Waals surface area contributed by atoms with Gasteiger partial charge >= 0.3 is 0 Å². The average Bonchev–Trinajstić information content (AvgIpc) is 2.72. The van der Waals surface area contributed by atoms with E-state index in [0.717, 1.165) is 14.2 Å². The Labute approximate surface area is 118 Å². The molecule has 0 radical (unpaired) electrons. The molecule has 96 valence electrons. The molecule has 1 aromatic heterocycles. The molecule has 2 aromatic rings. The SMILES string of the molecule is Cc1ccc(C(Cc2ccc(Br)s2)NN)c(F)c1. The van der Waals surface area contributed by atoms with Crippen molar-refractivity contribution < 1.29 is 4.39 Å². The van der Waals surface area contributed by atoms with Gasteiger partial charge in [-0.15, -0.1) is 11.3 Å². The van der Waals surface area contributed by atoms with Crippen molar-refractivity contribution in [2.45, 2.75) is 19.4 Å². The van der Waals surface area contributed by atoms with E-state index in [2.05, 4.69) is 21.4 Å². The number of nitrogens with one attached hydrogen (secondary N) is 1. The fraction of sp³-hybridized carbons (Fsp3) is 0.231. The van der Waals surface area contributed by atoms with Crippen molar-refractivity contribution in [3.05, 3.63) is 55.9 Å². The van der Waals surface area contributed by atoms with Gasteiger partial charge in [0.05, 0.1) is 9.83 Å². The molecule has 1 unspecified atom stereocenters. The Hall–Kier alpha value is -0.750. The van der Waals surface area contributed by atoms with Gasteiger partial charge in [0.25, 0.3) is 0 Å². The molecular formula is C13H14BrFN2S. The second-order valence-electron chi connectivity index (χ2n) is 4.15. The van der Waals surface area contributed by atoms with Crippen molar-refractivity contribution >= 4 is 27.3 Å². The molecule has 1 atom stereocenters. The first-order valence-electron chi connectivity index (χ1n) is 5.56. The Morgan fingerprint density at radius 3 is 2.72 bits per heavy atom. The summed E-state index contributed by atoms with van der Waals surface area (Å²) in [5, 5.41) is 0. The van der Waals surface area contributed by atoms with E-state index in [9.17, 15) is 4.39 Å². The lowest BCUT2D eigenvalue weighted by molar-refractivity contribution is 0.512. The van der Waals surface area contributed by atoms with Crippen LogP contribution in [0, 0.1) is 12.7 Å². The Morgan fingerprint density at radius 2 is 2.17 bits per heavy atom. The van der Waals surface area contributed by atoms with Gasteiger partial charge in [0, 0.05) is 16.9 Å². The predicted molar refractivity (Wildman–Crippen MR) is 76.9 cm³/mol. The highest BCUT2D eigenvalue weighted by molar-refractivity contribution is 9.11. The van der Waals surface area contributed by atoms with E-state index in [0.29, 0.717) is 12.0 Å². The largest absolute Gasteiger partial charge is 0.271 e. The Balaban J connectivity index is 2.22. The summed E-state index contributed by atoms with van der Waals surface area (Å²) in [6, 6.07) is 9.01. The summed E-state index contributed by atoms with van der Waals surface area (Å²) in [6.45, 7) is 1.87. The van der Waals surface area contributed by atoms with Crippen LogP contribution in [0.2, 0.25) is 0 Å². The summed E-state index contributed by atoms with van der Waals surface area (Å²) in [6.07, 6.45) is 0.673. The van der Waals surface area contributed by atoms with E-state index in [4.69, 9.17) is 5.84 Å². The summed E-state index contributed by atoms with van der Waals surface area (Å²) in [5.41, 5.74) is 4.20. The van der Waals surface area contributed by atoms with Crippen LogP contribution in [0.15, 0.2) is 34.1 Å². The van der Waals surface area contributed by atoms with E-state index in [1.54, 1.807) is 17.4 Å². The molecule has 0 spiro atoms. The number of nitrogens with two attached hydrogens (primary N) is 1. The van der Waals surface area contributed by atoms with Crippen molar-refractivity contribution in [1.29, 1.82) is 0 Å². The normalized spacial score (nSPS) is 12.7. The number of hydrogen-bond acceptors (Lipinski definition) is 3. The van der Waals surface area contributed by atoms with E-state index < -0.39 is 0 Å². The first kappa shape index (κ1) is 13.7. The van der Waals surface area contributed by atoms with Crippen LogP contribution in [0.4, 0.5) is 4.39 Å². The van der Waals surface area contributed by atoms with Gasteiger partial charge in [0.2, 0.25) is 0 Å². The van der Waals surface area contributed by atoms with Gasteiger partial charge < -0.3 is 0 Å². The van der Waals surface area contributed by atoms with Crippen LogP contribution >= 0.6 is 27.3 Å². The van der Waals surface area contributed by atoms with Gasteiger partial charge in [-0.2, -0.15) is 0 Å². The Kier molecular flexibility index (Phi) is 4.50. The van der Waals surface area contributed by atoms with Crippen LogP contribution in [0.5, 0.6) is 0 Å². The molecule has 2 nitrogen and oxygen atoms in total. The van der Waals surface area contributed by atoms with Gasteiger partial charge in [-0.3, -0.25) is 11.3 Å². The summed E-state index contributed by atoms with van der Waals surface area (Å²) < 4.78 is 15.0. The Bertz CT molecular complexity index is 542. The van der Waals surface area contributed by atoms with Gasteiger partial charge in [0.15, 0.2) is 0 Å². The molecule has 0 fully saturated rings. The second kappa shape index (κ2) is 5.93. The molecule has 0 aliphatic carbocycles. The van der Waals surface area contributed by atoms with Crippen LogP contribution in [0.3, 0.4) is 0 Å². The zero-order valence-electron chi connectivity index (χ0n) is 9.91. The molecule has 0 saturated carbocycles. The van der Waals surface area contributed by atoms with E-state index in [1.165, 1.54) is 6.07 Å². The topological polar surface area (TPSA) is 38.0 Å². The van der Waals surface area contributed by atoms with Crippen LogP contribution < -0.4 is 11.3 Å². The van der Waals surface area contributed by atoms with Gasteiger partial charge in [0.1, 0.15) is 5.82 Å². The minimum atomic E-state index is -0.214. The minimum absolute atomic E-state index is 0.212. The van der Waals surface area contributed by atoms with Crippen molar-refractivity contribution in [2.75, 3.05) is 0 Å². The third-order valence-electron chi connectivity index (χ3n) is 2.77. The van der Waals surface area contributed by atoms with Gasteiger partial charge in [-0.25, -0.2) is 4.39 Å². The molecule has 1 aromatic carbocycles. The standard InChI is InChI=1S/C13H14BrFN2S/c1-8-2-4-10(11(15)6-8)12(17-16)7-9-3-5-13(14)18-9/h2-6,12,17H,7,16H2,1H3. The summed E-state index contributed by atoms with van der Waals surface area (Å²) in [4.78, 5) is 1.16. The van der Waals surface area contributed by atoms with Gasteiger partial charge in [-0.1, -0.05) is 12.1 Å². The third-order valence-corrected chi connectivity index (χ3v) is 4.41. The zero-order valence-corrected chi connectivity index (χ0v) is 12.3. The fourth-order valence-corrected chi connectivity index (χ4v) is 3.36. The lowest BCUT2D eigenvalue weighted by Crippen LogP contribution is -2.30. The highest BCUT2D eigenvalue weighted by atomic mass is 79.9. The zero-order chi connectivity index (χ0) is 13.1. The van der Waals surface area contributed by atoms with E-state index in [1.807, 2.05) is 25.1 Å². The molecule has 0 amide bonds. The molecule has 0 aliphatic rings. The average molecular weight is 329 g/mol. The molecule has 5 heteroatoms. The molecule has 0 saturated heterocycles. The number of hydrazine groups is 1. The number of aryl methyl sites for hydroxylation is 1. The smallest absolute Gasteiger partial charge is 0.128 e.